The summed E-state index contributed by atoms with van der Waals surface area (Å²) in [4.78, 5) is 17.1. The quantitative estimate of drug-likeness (QED) is 0.722. The molecule has 2 aliphatic rings. The van der Waals surface area contributed by atoms with Gasteiger partial charge >= 0.3 is 0 Å². The number of aromatic nitrogens is 3. The van der Waals surface area contributed by atoms with E-state index in [0.717, 1.165) is 35.1 Å². The van der Waals surface area contributed by atoms with Gasteiger partial charge in [0.25, 0.3) is 5.91 Å². The van der Waals surface area contributed by atoms with E-state index < -0.39 is 0 Å². The van der Waals surface area contributed by atoms with E-state index in [4.69, 9.17) is 4.74 Å². The average molecular weight is 390 g/mol. The Balaban J connectivity index is 1.28. The lowest BCUT2D eigenvalue weighted by Crippen LogP contribution is -2.31. The normalized spacial score (nSPS) is 18.1. The Morgan fingerprint density at radius 2 is 2.07 bits per heavy atom. The first kappa shape index (κ1) is 18.2. The van der Waals surface area contributed by atoms with E-state index in [-0.39, 0.29) is 18.6 Å². The van der Waals surface area contributed by atoms with E-state index in [1.54, 1.807) is 0 Å². The Labute approximate surface area is 170 Å². The zero-order valence-corrected chi connectivity index (χ0v) is 17.2. The number of pyridine rings is 1. The zero-order chi connectivity index (χ0) is 20.1. The number of nitrogens with zero attached hydrogens (tertiary/aromatic N) is 3. The molecule has 1 N–H and O–H groups in total. The molecule has 1 fully saturated rings. The van der Waals surface area contributed by atoms with E-state index in [1.165, 1.54) is 29.5 Å². The molecule has 2 heterocycles. The number of hydrogen-bond acceptors (Lipinski definition) is 4. The van der Waals surface area contributed by atoms with Crippen LogP contribution < -0.4 is 10.1 Å². The predicted molar refractivity (Wildman–Crippen MR) is 111 cm³/mol. The van der Waals surface area contributed by atoms with Crippen LogP contribution in [0.2, 0.25) is 0 Å². The van der Waals surface area contributed by atoms with Crippen LogP contribution >= 0.6 is 0 Å². The van der Waals surface area contributed by atoms with Gasteiger partial charge in [-0.05, 0) is 56.2 Å². The third-order valence-corrected chi connectivity index (χ3v) is 6.02. The van der Waals surface area contributed by atoms with Gasteiger partial charge in [-0.3, -0.25) is 9.48 Å². The highest BCUT2D eigenvalue weighted by atomic mass is 16.5. The van der Waals surface area contributed by atoms with Crippen LogP contribution in [0.15, 0.2) is 24.3 Å². The highest BCUT2D eigenvalue weighted by molar-refractivity contribution is 5.84. The molecule has 1 aromatic carbocycles. The molecule has 1 saturated carbocycles. The Kier molecular flexibility index (Phi) is 4.30. The lowest BCUT2D eigenvalue weighted by Gasteiger charge is -2.15. The number of fused-ring (bicyclic) bond motifs is 2. The second-order valence-corrected chi connectivity index (χ2v) is 8.41. The van der Waals surface area contributed by atoms with Crippen molar-refractivity contribution in [2.75, 3.05) is 6.61 Å². The number of ether oxygens (including phenoxy) is 1. The molecular formula is C23H26N4O2. The van der Waals surface area contributed by atoms with E-state index in [9.17, 15) is 4.79 Å². The molecule has 0 radical (unpaired) electrons. The highest BCUT2D eigenvalue weighted by Crippen LogP contribution is 2.43. The van der Waals surface area contributed by atoms with Crippen molar-refractivity contribution in [3.8, 4) is 5.88 Å². The predicted octanol–water partition coefficient (Wildman–Crippen LogP) is 3.65. The van der Waals surface area contributed by atoms with Crippen LogP contribution in [0.4, 0.5) is 0 Å². The van der Waals surface area contributed by atoms with Gasteiger partial charge in [0.05, 0.1) is 11.7 Å². The van der Waals surface area contributed by atoms with Crippen molar-refractivity contribution in [1.82, 2.24) is 20.1 Å². The number of rotatable bonds is 5. The molecule has 6 nitrogen and oxygen atoms in total. The standard InChI is InChI=1S/C23H26N4O2/c1-13-4-8-17-16(10-13)7-9-18(17)24-19(28)12-29-20-11-14(2)21-22(15-5-6-15)26-27(3)23(21)25-20/h4,8,10-11,15,18H,5-7,9,12H2,1-3H3,(H,24,28)/t18-/m0/s1. The first-order valence-electron chi connectivity index (χ1n) is 10.4. The van der Waals surface area contributed by atoms with Gasteiger partial charge < -0.3 is 10.1 Å². The summed E-state index contributed by atoms with van der Waals surface area (Å²) in [5, 5.41) is 8.90. The molecule has 1 atom stereocenters. The topological polar surface area (TPSA) is 69.0 Å². The molecule has 3 aromatic rings. The summed E-state index contributed by atoms with van der Waals surface area (Å²) < 4.78 is 7.57. The third-order valence-electron chi connectivity index (χ3n) is 6.02. The number of carbonyl (C=O) groups is 1. The highest BCUT2D eigenvalue weighted by Gasteiger charge is 2.30. The lowest BCUT2D eigenvalue weighted by molar-refractivity contribution is -0.123. The van der Waals surface area contributed by atoms with Crippen molar-refractivity contribution in [2.24, 2.45) is 7.05 Å². The minimum Gasteiger partial charge on any atom is -0.468 e. The Morgan fingerprint density at radius 3 is 2.86 bits per heavy atom. The summed E-state index contributed by atoms with van der Waals surface area (Å²) in [6.07, 6.45) is 4.35. The van der Waals surface area contributed by atoms with Crippen LogP contribution in [-0.4, -0.2) is 27.3 Å². The van der Waals surface area contributed by atoms with Gasteiger partial charge in [0.15, 0.2) is 12.3 Å². The molecular weight excluding hydrogens is 364 g/mol. The molecule has 2 aliphatic carbocycles. The van der Waals surface area contributed by atoms with E-state index in [0.29, 0.717) is 11.8 Å². The van der Waals surface area contributed by atoms with Crippen molar-refractivity contribution >= 4 is 16.9 Å². The molecule has 0 aliphatic heterocycles. The Hall–Kier alpha value is -2.89. The van der Waals surface area contributed by atoms with Gasteiger partial charge in [0.2, 0.25) is 5.88 Å². The van der Waals surface area contributed by atoms with Crippen molar-refractivity contribution in [3.63, 3.8) is 0 Å². The largest absolute Gasteiger partial charge is 0.468 e. The lowest BCUT2D eigenvalue weighted by atomic mass is 10.1. The minimum absolute atomic E-state index is 0.0387. The zero-order valence-electron chi connectivity index (χ0n) is 17.2. The first-order chi connectivity index (χ1) is 14.0. The summed E-state index contributed by atoms with van der Waals surface area (Å²) in [7, 11) is 1.91. The molecule has 1 amide bonds. The SMILES string of the molecule is Cc1ccc2c(c1)CC[C@@H]2NC(=O)COc1cc(C)c2c(C3CC3)nn(C)c2n1. The van der Waals surface area contributed by atoms with Crippen molar-refractivity contribution < 1.29 is 9.53 Å². The van der Waals surface area contributed by atoms with Crippen LogP contribution in [0.1, 0.15) is 59.2 Å². The van der Waals surface area contributed by atoms with E-state index in [2.05, 4.69) is 47.4 Å². The smallest absolute Gasteiger partial charge is 0.258 e. The van der Waals surface area contributed by atoms with Gasteiger partial charge in [-0.2, -0.15) is 10.1 Å². The van der Waals surface area contributed by atoms with Crippen LogP contribution in [0.5, 0.6) is 5.88 Å². The number of benzene rings is 1. The molecule has 0 bridgehead atoms. The molecule has 0 spiro atoms. The summed E-state index contributed by atoms with van der Waals surface area (Å²) in [6.45, 7) is 4.12. The van der Waals surface area contributed by atoms with E-state index in [1.807, 2.05) is 17.8 Å². The van der Waals surface area contributed by atoms with Crippen molar-refractivity contribution in [3.05, 3.63) is 52.2 Å². The monoisotopic (exact) mass is 390 g/mol. The van der Waals surface area contributed by atoms with E-state index >= 15 is 0 Å². The number of aryl methyl sites for hydroxylation is 4. The van der Waals surface area contributed by atoms with Gasteiger partial charge in [-0.15, -0.1) is 0 Å². The van der Waals surface area contributed by atoms with Gasteiger partial charge in [0.1, 0.15) is 0 Å². The molecule has 2 aromatic heterocycles. The first-order valence-corrected chi connectivity index (χ1v) is 10.4. The fourth-order valence-corrected chi connectivity index (χ4v) is 4.42. The maximum absolute atomic E-state index is 12.5. The minimum atomic E-state index is -0.119. The maximum atomic E-state index is 12.5. The molecule has 150 valence electrons. The molecule has 0 saturated heterocycles. The summed E-state index contributed by atoms with van der Waals surface area (Å²) in [5.41, 5.74) is 6.88. The van der Waals surface area contributed by atoms with Gasteiger partial charge in [0, 0.05) is 24.4 Å². The second-order valence-electron chi connectivity index (χ2n) is 8.41. The molecule has 5 rings (SSSR count). The van der Waals surface area contributed by atoms with Crippen LogP contribution in [-0.2, 0) is 18.3 Å². The average Bonchev–Trinajstić information content (AvgIpc) is 3.39. The summed E-state index contributed by atoms with van der Waals surface area (Å²) >= 11 is 0. The number of carbonyl (C=O) groups excluding carboxylic acids is 1. The van der Waals surface area contributed by atoms with Crippen molar-refractivity contribution in [1.29, 1.82) is 0 Å². The second kappa shape index (κ2) is 6.87. The Morgan fingerprint density at radius 1 is 1.24 bits per heavy atom. The Bertz CT molecular complexity index is 1110. The number of hydrogen-bond donors (Lipinski definition) is 1. The fraction of sp³-hybridized carbons (Fsp3) is 0.435. The van der Waals surface area contributed by atoms with Crippen molar-refractivity contribution in [2.45, 2.75) is 51.5 Å². The van der Waals surface area contributed by atoms with Crippen LogP contribution in [0.25, 0.3) is 11.0 Å². The van der Waals surface area contributed by atoms with Crippen LogP contribution in [0, 0.1) is 13.8 Å². The molecule has 6 heteroatoms. The third kappa shape index (κ3) is 3.37. The number of amides is 1. The van der Waals surface area contributed by atoms with Gasteiger partial charge in [-0.1, -0.05) is 23.8 Å². The number of nitrogens with one attached hydrogen (secondary N) is 1. The summed E-state index contributed by atoms with van der Waals surface area (Å²) in [6, 6.07) is 8.42. The molecule has 0 unspecified atom stereocenters. The maximum Gasteiger partial charge on any atom is 0.258 e. The van der Waals surface area contributed by atoms with Crippen LogP contribution in [0.3, 0.4) is 0 Å². The van der Waals surface area contributed by atoms with Gasteiger partial charge in [-0.25, -0.2) is 0 Å². The molecule has 29 heavy (non-hydrogen) atoms. The fourth-order valence-electron chi connectivity index (χ4n) is 4.42. The summed E-state index contributed by atoms with van der Waals surface area (Å²) in [5.74, 6) is 0.916.